The minimum Gasteiger partial charge on any atom is -0.326 e. The van der Waals surface area contributed by atoms with Crippen molar-refractivity contribution >= 4 is 57.9 Å². The quantitative estimate of drug-likeness (QED) is 0.440. The van der Waals surface area contributed by atoms with Gasteiger partial charge in [-0.25, -0.2) is 4.98 Å². The molecule has 3 N–H and O–H groups in total. The van der Waals surface area contributed by atoms with E-state index in [1.807, 2.05) is 36.6 Å². The molecule has 0 atom stereocenters. The van der Waals surface area contributed by atoms with Crippen molar-refractivity contribution < 1.29 is 14.4 Å². The van der Waals surface area contributed by atoms with Crippen LogP contribution in [0.4, 0.5) is 17.1 Å². The maximum atomic E-state index is 12.2. The van der Waals surface area contributed by atoms with Crippen molar-refractivity contribution in [2.45, 2.75) is 24.6 Å². The number of amides is 3. The third kappa shape index (κ3) is 7.54. The number of nitrogens with one attached hydrogen (secondary N) is 3. The summed E-state index contributed by atoms with van der Waals surface area (Å²) in [6.07, 6.45) is 0.178. The highest BCUT2D eigenvalue weighted by Gasteiger charge is 2.11. The highest BCUT2D eigenvalue weighted by atomic mass is 32.2. The number of nitrogens with zero attached hydrogens (tertiary/aromatic N) is 1. The van der Waals surface area contributed by atoms with Crippen molar-refractivity contribution in [1.82, 2.24) is 4.98 Å². The maximum Gasteiger partial charge on any atom is 0.234 e. The van der Waals surface area contributed by atoms with Gasteiger partial charge in [-0.1, -0.05) is 29.5 Å². The molecule has 0 saturated heterocycles. The third-order valence-corrected chi connectivity index (χ3v) is 6.09. The van der Waals surface area contributed by atoms with Crippen LogP contribution in [-0.4, -0.2) is 28.5 Å². The normalized spacial score (nSPS) is 10.4. The molecule has 3 rings (SSSR count). The summed E-state index contributed by atoms with van der Waals surface area (Å²) in [5.74, 6) is -0.239. The molecule has 0 fully saturated rings. The zero-order valence-electron chi connectivity index (χ0n) is 17.1. The van der Waals surface area contributed by atoms with E-state index in [4.69, 9.17) is 0 Å². The molecule has 1 heterocycles. The summed E-state index contributed by atoms with van der Waals surface area (Å²) in [4.78, 5) is 39.8. The molecule has 2 aromatic carbocycles. The van der Waals surface area contributed by atoms with Gasteiger partial charge in [-0.15, -0.1) is 11.3 Å². The number of thiazole rings is 1. The van der Waals surface area contributed by atoms with Crippen LogP contribution in [-0.2, 0) is 20.8 Å². The van der Waals surface area contributed by atoms with Crippen LogP contribution in [0.3, 0.4) is 0 Å². The van der Waals surface area contributed by atoms with Gasteiger partial charge in [-0.3, -0.25) is 14.4 Å². The Morgan fingerprint density at radius 2 is 1.42 bits per heavy atom. The van der Waals surface area contributed by atoms with Gasteiger partial charge in [0.15, 0.2) is 4.34 Å². The van der Waals surface area contributed by atoms with Crippen molar-refractivity contribution in [2.75, 3.05) is 21.7 Å². The van der Waals surface area contributed by atoms with Gasteiger partial charge in [0.25, 0.3) is 0 Å². The molecular weight excluding hydrogens is 432 g/mol. The Morgan fingerprint density at radius 1 is 0.871 bits per heavy atom. The summed E-state index contributed by atoms with van der Waals surface area (Å²) in [6.45, 7) is 3.43. The first-order valence-corrected chi connectivity index (χ1v) is 11.3. The highest BCUT2D eigenvalue weighted by Crippen LogP contribution is 2.23. The topological polar surface area (TPSA) is 100 Å². The van der Waals surface area contributed by atoms with Gasteiger partial charge in [0, 0.05) is 29.4 Å². The molecule has 1 aromatic heterocycles. The van der Waals surface area contributed by atoms with E-state index in [0.29, 0.717) is 17.1 Å². The first kappa shape index (κ1) is 22.5. The van der Waals surface area contributed by atoms with Crippen LogP contribution >= 0.6 is 23.1 Å². The van der Waals surface area contributed by atoms with Gasteiger partial charge in [-0.2, -0.15) is 0 Å². The first-order chi connectivity index (χ1) is 14.9. The van der Waals surface area contributed by atoms with Crippen molar-refractivity contribution in [3.63, 3.8) is 0 Å². The molecule has 3 aromatic rings. The predicted molar refractivity (Wildman–Crippen MR) is 126 cm³/mol. The molecule has 0 radical (unpaired) electrons. The lowest BCUT2D eigenvalue weighted by atomic mass is 10.2. The fourth-order valence-electron chi connectivity index (χ4n) is 2.61. The fraction of sp³-hybridized carbons (Fsp3) is 0.182. The number of carbonyl (C=O) groups excluding carboxylic acids is 3. The second-order valence-corrected chi connectivity index (χ2v) is 8.87. The molecule has 0 aliphatic heterocycles. The van der Waals surface area contributed by atoms with E-state index in [0.717, 1.165) is 15.6 Å². The van der Waals surface area contributed by atoms with Crippen LogP contribution in [0.5, 0.6) is 0 Å². The zero-order valence-corrected chi connectivity index (χ0v) is 18.7. The van der Waals surface area contributed by atoms with Crippen molar-refractivity contribution in [1.29, 1.82) is 0 Å². The van der Waals surface area contributed by atoms with Gasteiger partial charge >= 0.3 is 0 Å². The standard InChI is InChI=1S/C22H22N4O3S2/c1-14-3-5-17(6-4-14)24-20(28)11-19-12-30-22(26-19)31-13-21(29)25-18-9-7-16(8-10-18)23-15(2)27/h3-10,12H,11,13H2,1-2H3,(H,23,27)(H,24,28)(H,25,29). The molecule has 3 amide bonds. The SMILES string of the molecule is CC(=O)Nc1ccc(NC(=O)CSc2nc(CC(=O)Nc3ccc(C)cc3)cs2)cc1. The van der Waals surface area contributed by atoms with E-state index in [2.05, 4.69) is 20.9 Å². The smallest absolute Gasteiger partial charge is 0.234 e. The lowest BCUT2D eigenvalue weighted by molar-refractivity contribution is -0.116. The Morgan fingerprint density at radius 3 is 2.03 bits per heavy atom. The summed E-state index contributed by atoms with van der Waals surface area (Å²) in [5, 5.41) is 10.2. The minimum absolute atomic E-state index is 0.133. The van der Waals surface area contributed by atoms with Gasteiger partial charge in [0.2, 0.25) is 17.7 Å². The summed E-state index contributed by atoms with van der Waals surface area (Å²) < 4.78 is 0.731. The van der Waals surface area contributed by atoms with Crippen LogP contribution in [0, 0.1) is 6.92 Å². The number of thioether (sulfide) groups is 1. The van der Waals surface area contributed by atoms with E-state index in [1.54, 1.807) is 24.3 Å². The molecule has 0 unspecified atom stereocenters. The van der Waals surface area contributed by atoms with Crippen LogP contribution in [0.25, 0.3) is 0 Å². The monoisotopic (exact) mass is 454 g/mol. The van der Waals surface area contributed by atoms with Crippen molar-refractivity contribution in [3.8, 4) is 0 Å². The minimum atomic E-state index is -0.161. The zero-order chi connectivity index (χ0) is 22.2. The van der Waals surface area contributed by atoms with Crippen LogP contribution in [0.2, 0.25) is 0 Å². The van der Waals surface area contributed by atoms with Gasteiger partial charge in [0.1, 0.15) is 0 Å². The van der Waals surface area contributed by atoms with Crippen LogP contribution in [0.1, 0.15) is 18.2 Å². The molecule has 9 heteroatoms. The number of hydrogen-bond donors (Lipinski definition) is 3. The number of aryl methyl sites for hydroxylation is 1. The first-order valence-electron chi connectivity index (χ1n) is 9.48. The Balaban J connectivity index is 1.44. The molecule has 160 valence electrons. The molecule has 0 aliphatic rings. The number of hydrogen-bond acceptors (Lipinski definition) is 6. The maximum absolute atomic E-state index is 12.2. The number of benzene rings is 2. The highest BCUT2D eigenvalue weighted by molar-refractivity contribution is 8.01. The molecule has 0 aliphatic carbocycles. The predicted octanol–water partition coefficient (Wildman–Crippen LogP) is 4.32. The number of carbonyl (C=O) groups is 3. The molecule has 0 bridgehead atoms. The second kappa shape index (κ2) is 10.7. The Kier molecular flexibility index (Phi) is 7.80. The van der Waals surface area contributed by atoms with E-state index in [1.165, 1.54) is 30.0 Å². The van der Waals surface area contributed by atoms with E-state index in [-0.39, 0.29) is 29.9 Å². The largest absolute Gasteiger partial charge is 0.326 e. The van der Waals surface area contributed by atoms with E-state index in [9.17, 15) is 14.4 Å². The van der Waals surface area contributed by atoms with E-state index >= 15 is 0 Å². The lowest BCUT2D eigenvalue weighted by Crippen LogP contribution is -2.15. The third-order valence-electron chi connectivity index (χ3n) is 4.02. The second-order valence-electron chi connectivity index (χ2n) is 6.79. The molecule has 31 heavy (non-hydrogen) atoms. The van der Waals surface area contributed by atoms with Crippen LogP contribution < -0.4 is 16.0 Å². The summed E-state index contributed by atoms with van der Waals surface area (Å²) in [5.41, 5.74) is 3.87. The summed E-state index contributed by atoms with van der Waals surface area (Å²) in [7, 11) is 0. The fourth-order valence-corrected chi connectivity index (χ4v) is 4.25. The Labute approximate surface area is 188 Å². The molecule has 7 nitrogen and oxygen atoms in total. The van der Waals surface area contributed by atoms with Gasteiger partial charge in [-0.05, 0) is 43.3 Å². The average molecular weight is 455 g/mol. The van der Waals surface area contributed by atoms with Crippen molar-refractivity contribution in [3.05, 3.63) is 65.2 Å². The molecular formula is C22H22N4O3S2. The Hall–Kier alpha value is -3.17. The molecule has 0 saturated carbocycles. The van der Waals surface area contributed by atoms with E-state index < -0.39 is 0 Å². The van der Waals surface area contributed by atoms with Gasteiger partial charge in [0.05, 0.1) is 17.9 Å². The molecule has 0 spiro atoms. The number of anilines is 3. The lowest BCUT2D eigenvalue weighted by Gasteiger charge is -2.06. The van der Waals surface area contributed by atoms with Crippen LogP contribution in [0.15, 0.2) is 58.3 Å². The summed E-state index contributed by atoms with van der Waals surface area (Å²) >= 11 is 2.73. The number of aromatic nitrogens is 1. The number of rotatable bonds is 8. The summed E-state index contributed by atoms with van der Waals surface area (Å²) in [6, 6.07) is 14.5. The van der Waals surface area contributed by atoms with Gasteiger partial charge < -0.3 is 16.0 Å². The van der Waals surface area contributed by atoms with Crippen molar-refractivity contribution in [2.24, 2.45) is 0 Å². The Bertz CT molecular complexity index is 1060. The average Bonchev–Trinajstić information content (AvgIpc) is 3.16.